The molecule has 7 rings (SSSR count). The van der Waals surface area contributed by atoms with Gasteiger partial charge in [0.05, 0.1) is 19.6 Å². The molecule has 234 valence electrons. The normalized spacial score (nSPS) is 21.3. The van der Waals surface area contributed by atoms with Crippen LogP contribution in [0, 0.1) is 5.92 Å². The second kappa shape index (κ2) is 13.1. The van der Waals surface area contributed by atoms with Gasteiger partial charge in [0.2, 0.25) is 0 Å². The predicted octanol–water partition coefficient (Wildman–Crippen LogP) is 3.71. The van der Waals surface area contributed by atoms with Gasteiger partial charge in [-0.05, 0) is 79.4 Å². The van der Waals surface area contributed by atoms with Crippen molar-refractivity contribution in [3.63, 3.8) is 0 Å². The van der Waals surface area contributed by atoms with Crippen LogP contribution in [0.4, 0.5) is 4.79 Å². The zero-order valence-corrected chi connectivity index (χ0v) is 25.4. The molecule has 10 heteroatoms. The summed E-state index contributed by atoms with van der Waals surface area (Å²) < 4.78 is 11.8. The molecule has 45 heavy (non-hydrogen) atoms. The first-order chi connectivity index (χ1) is 21.8. The maximum Gasteiger partial charge on any atom is 0.408 e. The van der Waals surface area contributed by atoms with E-state index in [2.05, 4.69) is 10.2 Å². The van der Waals surface area contributed by atoms with Crippen LogP contribution in [0.25, 0.3) is 0 Å². The highest BCUT2D eigenvalue weighted by atomic mass is 16.6. The lowest BCUT2D eigenvalue weighted by Gasteiger charge is -2.51. The number of likely N-dealkylation sites (N-methyl/N-ethyl adjacent to an activating group) is 1. The van der Waals surface area contributed by atoms with Gasteiger partial charge in [0.25, 0.3) is 11.8 Å². The number of hydrogen-bond acceptors (Lipinski definition) is 7. The van der Waals surface area contributed by atoms with Gasteiger partial charge in [-0.25, -0.2) is 4.79 Å². The second-order valence-corrected chi connectivity index (χ2v) is 12.2. The van der Waals surface area contributed by atoms with Crippen LogP contribution in [0.3, 0.4) is 0 Å². The maximum atomic E-state index is 13.4. The van der Waals surface area contributed by atoms with E-state index in [4.69, 9.17) is 9.47 Å². The van der Waals surface area contributed by atoms with Crippen molar-refractivity contribution in [3.8, 4) is 5.75 Å². The maximum absolute atomic E-state index is 13.4. The smallest absolute Gasteiger partial charge is 0.408 e. The Kier molecular flexibility index (Phi) is 8.84. The van der Waals surface area contributed by atoms with Crippen LogP contribution in [0.5, 0.6) is 5.75 Å². The van der Waals surface area contributed by atoms with E-state index in [-0.39, 0.29) is 24.5 Å². The van der Waals surface area contributed by atoms with Crippen LogP contribution in [-0.2, 0) is 21.7 Å². The summed E-state index contributed by atoms with van der Waals surface area (Å²) in [6.07, 6.45) is 2.29. The Labute approximate surface area is 262 Å². The highest BCUT2D eigenvalue weighted by molar-refractivity contribution is 5.95. The number of rotatable bonds is 10. The van der Waals surface area contributed by atoms with E-state index < -0.39 is 11.6 Å². The van der Waals surface area contributed by atoms with Crippen molar-refractivity contribution in [2.45, 2.75) is 31.1 Å². The van der Waals surface area contributed by atoms with Crippen LogP contribution in [0.2, 0.25) is 0 Å². The Morgan fingerprint density at radius 3 is 2.22 bits per heavy atom. The average Bonchev–Trinajstić information content (AvgIpc) is 3.06. The number of carbonyl (C=O) groups is 4. The Morgan fingerprint density at radius 1 is 0.933 bits per heavy atom. The molecule has 0 radical (unpaired) electrons. The molecule has 1 N–H and O–H groups in total. The Morgan fingerprint density at radius 2 is 1.60 bits per heavy atom. The molecule has 10 nitrogen and oxygen atoms in total. The van der Waals surface area contributed by atoms with E-state index in [0.29, 0.717) is 48.8 Å². The van der Waals surface area contributed by atoms with Crippen molar-refractivity contribution >= 4 is 24.2 Å². The molecule has 2 bridgehead atoms. The molecule has 3 aromatic carbocycles. The van der Waals surface area contributed by atoms with E-state index in [1.54, 1.807) is 48.3 Å². The minimum absolute atomic E-state index is 0.0408. The number of nitrogens with one attached hydrogen (secondary N) is 1. The van der Waals surface area contributed by atoms with E-state index in [0.717, 1.165) is 43.6 Å². The summed E-state index contributed by atoms with van der Waals surface area (Å²) in [5.74, 6) is 0.675. The van der Waals surface area contributed by atoms with Crippen molar-refractivity contribution in [2.24, 2.45) is 5.92 Å². The first-order valence-electron chi connectivity index (χ1n) is 15.4. The summed E-state index contributed by atoms with van der Waals surface area (Å²) in [5, 5.41) is 3.12. The lowest BCUT2D eigenvalue weighted by molar-refractivity contribution is -0.108. The summed E-state index contributed by atoms with van der Waals surface area (Å²) in [6.45, 7) is 3.95. The van der Waals surface area contributed by atoms with E-state index in [1.165, 1.54) is 4.90 Å². The first-order valence-corrected chi connectivity index (χ1v) is 15.4. The quantitative estimate of drug-likeness (QED) is 0.349. The van der Waals surface area contributed by atoms with Crippen LogP contribution in [-0.4, -0.2) is 91.3 Å². The number of amides is 3. The minimum Gasteiger partial charge on any atom is -0.489 e. The van der Waals surface area contributed by atoms with Crippen LogP contribution in [0.15, 0.2) is 78.9 Å². The Hall–Kier alpha value is -4.70. The van der Waals surface area contributed by atoms with E-state index in [9.17, 15) is 19.2 Å². The van der Waals surface area contributed by atoms with Gasteiger partial charge in [-0.3, -0.25) is 14.5 Å². The fraction of sp³-hybridized carbons (Fsp3) is 0.371. The van der Waals surface area contributed by atoms with Crippen molar-refractivity contribution in [1.29, 1.82) is 0 Å². The van der Waals surface area contributed by atoms with Gasteiger partial charge in [0.15, 0.2) is 0 Å². The monoisotopic (exact) mass is 610 g/mol. The lowest BCUT2D eigenvalue weighted by atomic mass is 9.82. The SMILES string of the molecule is CN(CC=O)C(=O)c1ccc(COc2ccc(C(=O)N3CC(NC(=O)O[C@H]4CN5CCC4CC5)(c4ccccc4)C3)cc2)cc1. The minimum atomic E-state index is -0.713. The average molecular weight is 611 g/mol. The highest BCUT2D eigenvalue weighted by Crippen LogP contribution is 2.35. The molecule has 3 amide bonds. The largest absolute Gasteiger partial charge is 0.489 e. The standard InChI is InChI=1S/C35H38N4O6/c1-37(19-20-40)32(41)27-9-7-25(8-10-27)22-44-30-13-11-28(12-14-30)33(42)39-23-35(24-39,29-5-3-2-4-6-29)36-34(43)45-31-21-38-17-15-26(31)16-18-38/h2-14,20,26,31H,15-19,21-24H2,1H3,(H,36,43)/t31-/m0/s1. The predicted molar refractivity (Wildman–Crippen MR) is 167 cm³/mol. The zero-order chi connectivity index (χ0) is 31.4. The van der Waals surface area contributed by atoms with Gasteiger partial charge in [0.1, 0.15) is 30.3 Å². The first kappa shape index (κ1) is 30.3. The van der Waals surface area contributed by atoms with E-state index in [1.807, 2.05) is 42.5 Å². The number of aldehydes is 1. The number of ether oxygens (including phenoxy) is 2. The molecular formula is C35H38N4O6. The third-order valence-electron chi connectivity index (χ3n) is 9.13. The number of likely N-dealkylation sites (tertiary alicyclic amines) is 1. The number of alkyl carbamates (subject to hydrolysis) is 1. The molecule has 4 aliphatic heterocycles. The second-order valence-electron chi connectivity index (χ2n) is 12.2. The molecular weight excluding hydrogens is 572 g/mol. The molecule has 0 spiro atoms. The topological polar surface area (TPSA) is 108 Å². The Balaban J connectivity index is 1.04. The van der Waals surface area contributed by atoms with Gasteiger partial charge in [-0.1, -0.05) is 42.5 Å². The summed E-state index contributed by atoms with van der Waals surface area (Å²) >= 11 is 0. The number of piperidine rings is 3. The summed E-state index contributed by atoms with van der Waals surface area (Å²) in [5.41, 5.74) is 2.13. The number of nitrogens with zero attached hydrogens (tertiary/aromatic N) is 3. The molecule has 4 heterocycles. The lowest BCUT2D eigenvalue weighted by Crippen LogP contribution is -2.69. The van der Waals surface area contributed by atoms with Crippen LogP contribution < -0.4 is 10.1 Å². The molecule has 0 saturated carbocycles. The Bertz CT molecular complexity index is 1510. The number of carbonyl (C=O) groups excluding carboxylic acids is 4. The summed E-state index contributed by atoms with van der Waals surface area (Å²) in [7, 11) is 1.58. The van der Waals surface area contributed by atoms with Crippen LogP contribution in [0.1, 0.15) is 44.7 Å². The molecule has 4 saturated heterocycles. The molecule has 4 aliphatic rings. The molecule has 0 aliphatic carbocycles. The third kappa shape index (κ3) is 6.71. The molecule has 0 aromatic heterocycles. The number of benzene rings is 3. The van der Waals surface area contributed by atoms with Gasteiger partial charge < -0.3 is 29.4 Å². The van der Waals surface area contributed by atoms with Gasteiger partial charge in [-0.2, -0.15) is 0 Å². The fourth-order valence-electron chi connectivity index (χ4n) is 6.45. The van der Waals surface area contributed by atoms with Crippen molar-refractivity contribution in [2.75, 3.05) is 46.3 Å². The summed E-state index contributed by atoms with van der Waals surface area (Å²) in [4.78, 5) is 54.9. The van der Waals surface area contributed by atoms with Crippen LogP contribution >= 0.6 is 0 Å². The van der Waals surface area contributed by atoms with Gasteiger partial charge in [0, 0.05) is 24.7 Å². The highest BCUT2D eigenvalue weighted by Gasteiger charge is 2.49. The summed E-state index contributed by atoms with van der Waals surface area (Å²) in [6, 6.07) is 23.8. The van der Waals surface area contributed by atoms with Crippen molar-refractivity contribution in [1.82, 2.24) is 20.0 Å². The van der Waals surface area contributed by atoms with Crippen molar-refractivity contribution < 1.29 is 28.7 Å². The molecule has 1 atom stereocenters. The number of hydrogen-bond donors (Lipinski definition) is 1. The van der Waals surface area contributed by atoms with Crippen molar-refractivity contribution in [3.05, 3.63) is 101 Å². The van der Waals surface area contributed by atoms with Gasteiger partial charge in [-0.15, -0.1) is 0 Å². The van der Waals surface area contributed by atoms with E-state index >= 15 is 0 Å². The molecule has 0 unspecified atom stereocenters. The number of fused-ring (bicyclic) bond motifs is 3. The zero-order valence-electron chi connectivity index (χ0n) is 25.4. The fourth-order valence-corrected chi connectivity index (χ4v) is 6.45. The molecule has 3 aromatic rings. The molecule has 4 fully saturated rings. The third-order valence-corrected chi connectivity index (χ3v) is 9.13. The van der Waals surface area contributed by atoms with Gasteiger partial charge >= 0.3 is 6.09 Å².